The highest BCUT2D eigenvalue weighted by Crippen LogP contribution is 2.45. The van der Waals surface area contributed by atoms with Gasteiger partial charge < -0.3 is 25.8 Å². The summed E-state index contributed by atoms with van der Waals surface area (Å²) in [5.74, 6) is 0.0127. The average Bonchev–Trinajstić information content (AvgIpc) is 2.51. The van der Waals surface area contributed by atoms with E-state index in [9.17, 15) is 15.0 Å². The first-order valence-electron chi connectivity index (χ1n) is 5.45. The number of ether oxygens (including phenoxy) is 1. The predicted molar refractivity (Wildman–Crippen MR) is 65.3 cm³/mol. The van der Waals surface area contributed by atoms with Gasteiger partial charge in [0.1, 0.15) is 17.5 Å². The molecular formula is C10H14ClN3O5. The van der Waals surface area contributed by atoms with Gasteiger partial charge in [-0.3, -0.25) is 4.57 Å². The van der Waals surface area contributed by atoms with Crippen LogP contribution in [0.25, 0.3) is 0 Å². The van der Waals surface area contributed by atoms with E-state index in [-0.39, 0.29) is 5.82 Å². The lowest BCUT2D eigenvalue weighted by atomic mass is 9.96. The lowest BCUT2D eigenvalue weighted by Crippen LogP contribution is -2.49. The molecule has 19 heavy (non-hydrogen) atoms. The summed E-state index contributed by atoms with van der Waals surface area (Å²) < 4.78 is 6.17. The summed E-state index contributed by atoms with van der Waals surface area (Å²) >= 11 is 5.88. The van der Waals surface area contributed by atoms with Gasteiger partial charge >= 0.3 is 5.69 Å². The minimum atomic E-state index is -1.89. The third kappa shape index (κ3) is 2.11. The van der Waals surface area contributed by atoms with Crippen LogP contribution in [0.5, 0.6) is 0 Å². The number of aliphatic hydroxyl groups excluding tert-OH is 2. The van der Waals surface area contributed by atoms with Gasteiger partial charge in [0.25, 0.3) is 0 Å². The molecule has 0 amide bonds. The summed E-state index contributed by atoms with van der Waals surface area (Å²) in [6, 6.07) is 1.33. The number of hydrogen-bond acceptors (Lipinski definition) is 7. The average molecular weight is 292 g/mol. The van der Waals surface area contributed by atoms with E-state index in [0.29, 0.717) is 0 Å². The minimum absolute atomic E-state index is 0.0127. The van der Waals surface area contributed by atoms with Crippen molar-refractivity contribution >= 4 is 17.4 Å². The zero-order valence-electron chi connectivity index (χ0n) is 10.0. The molecule has 1 aromatic rings. The molecule has 1 saturated heterocycles. The summed E-state index contributed by atoms with van der Waals surface area (Å²) in [4.78, 5) is 15.2. The third-order valence-corrected chi connectivity index (χ3v) is 3.50. The quantitative estimate of drug-likeness (QED) is 0.482. The second kappa shape index (κ2) is 4.43. The van der Waals surface area contributed by atoms with Crippen molar-refractivity contribution in [3.05, 3.63) is 22.7 Å². The van der Waals surface area contributed by atoms with Crippen LogP contribution in [0.15, 0.2) is 17.1 Å². The number of hydrogen-bond donors (Lipinski definition) is 4. The van der Waals surface area contributed by atoms with Gasteiger partial charge in [-0.05, 0) is 13.0 Å². The first-order valence-corrected chi connectivity index (χ1v) is 5.83. The van der Waals surface area contributed by atoms with Crippen molar-refractivity contribution in [2.24, 2.45) is 0 Å². The number of nitrogens with two attached hydrogens (primary N) is 1. The van der Waals surface area contributed by atoms with Crippen molar-refractivity contribution in [2.45, 2.75) is 29.9 Å². The molecule has 1 aromatic heterocycles. The van der Waals surface area contributed by atoms with Crippen LogP contribution in [0.4, 0.5) is 5.82 Å². The Morgan fingerprint density at radius 2 is 2.32 bits per heavy atom. The maximum Gasteiger partial charge on any atom is 0.351 e. The van der Waals surface area contributed by atoms with Crippen molar-refractivity contribution < 1.29 is 20.1 Å². The van der Waals surface area contributed by atoms with Gasteiger partial charge in [-0.15, -0.1) is 0 Å². The number of anilines is 1. The van der Waals surface area contributed by atoms with Crippen LogP contribution in [0.3, 0.4) is 0 Å². The monoisotopic (exact) mass is 291 g/mol. The van der Waals surface area contributed by atoms with Crippen molar-refractivity contribution in [1.82, 2.24) is 9.55 Å². The fraction of sp³-hybridized carbons (Fsp3) is 0.600. The summed E-state index contributed by atoms with van der Waals surface area (Å²) in [6.45, 7) is 0.504. The molecule has 4 unspecified atom stereocenters. The van der Waals surface area contributed by atoms with Crippen LogP contribution in [0, 0.1) is 0 Å². The molecule has 0 bridgehead atoms. The molecule has 5 N–H and O–H groups in total. The van der Waals surface area contributed by atoms with E-state index in [1.165, 1.54) is 19.2 Å². The van der Waals surface area contributed by atoms with Gasteiger partial charge in [-0.1, -0.05) is 11.6 Å². The van der Waals surface area contributed by atoms with Gasteiger partial charge in [0.15, 0.2) is 11.3 Å². The molecule has 9 heteroatoms. The highest BCUT2D eigenvalue weighted by atomic mass is 35.5. The van der Waals surface area contributed by atoms with Crippen LogP contribution in [0.1, 0.15) is 13.2 Å². The summed E-state index contributed by atoms with van der Waals surface area (Å²) in [7, 11) is 0. The zero-order valence-corrected chi connectivity index (χ0v) is 10.8. The summed E-state index contributed by atoms with van der Waals surface area (Å²) in [6.07, 6.45) is -1.63. The zero-order chi connectivity index (χ0) is 14.4. The Kier molecular flexibility index (Phi) is 3.31. The molecule has 0 saturated carbocycles. The first-order chi connectivity index (χ1) is 8.72. The molecular weight excluding hydrogens is 278 g/mol. The fourth-order valence-corrected chi connectivity index (χ4v) is 2.31. The van der Waals surface area contributed by atoms with Crippen molar-refractivity contribution in [2.75, 3.05) is 12.3 Å². The number of halogens is 1. The molecule has 106 valence electrons. The van der Waals surface area contributed by atoms with Crippen LogP contribution >= 0.6 is 11.6 Å². The lowest BCUT2D eigenvalue weighted by Gasteiger charge is -2.27. The molecule has 8 nitrogen and oxygen atoms in total. The van der Waals surface area contributed by atoms with E-state index in [0.717, 1.165) is 4.57 Å². The van der Waals surface area contributed by atoms with E-state index >= 15 is 0 Å². The number of rotatable bonds is 2. The Labute approximate surface area is 113 Å². The Hall–Kier alpha value is -1.19. The largest absolute Gasteiger partial charge is 0.392 e. The first kappa shape index (κ1) is 14.2. The Balaban J connectivity index is 2.48. The van der Waals surface area contributed by atoms with E-state index in [2.05, 4.69) is 4.98 Å². The van der Waals surface area contributed by atoms with Crippen molar-refractivity contribution in [3.8, 4) is 0 Å². The normalized spacial score (nSPS) is 38.6. The van der Waals surface area contributed by atoms with Crippen molar-refractivity contribution in [3.63, 3.8) is 0 Å². The molecule has 4 atom stereocenters. The van der Waals surface area contributed by atoms with E-state index < -0.39 is 35.3 Å². The lowest BCUT2D eigenvalue weighted by molar-refractivity contribution is -0.103. The summed E-state index contributed by atoms with van der Waals surface area (Å²) in [5.41, 5.74) is 2.71. The van der Waals surface area contributed by atoms with Crippen LogP contribution in [-0.2, 0) is 4.74 Å². The molecule has 0 aliphatic carbocycles. The predicted octanol–water partition coefficient (Wildman–Crippen LogP) is -1.61. The number of aliphatic hydroxyl groups is 3. The number of alkyl halides is 1. The SMILES string of the molecule is CC1(O)C(n2ccc(N)nc2=O)OC(Cl)(CO)C1O. The molecule has 0 aromatic carbocycles. The Morgan fingerprint density at radius 1 is 1.68 bits per heavy atom. The van der Waals surface area contributed by atoms with Gasteiger partial charge in [0.2, 0.25) is 0 Å². The van der Waals surface area contributed by atoms with Gasteiger partial charge in [-0.2, -0.15) is 4.98 Å². The smallest absolute Gasteiger partial charge is 0.351 e. The second-order valence-corrected chi connectivity index (χ2v) is 5.22. The molecule has 2 rings (SSSR count). The maximum atomic E-state index is 11.7. The third-order valence-electron chi connectivity index (χ3n) is 3.09. The number of nitrogen functional groups attached to an aromatic ring is 1. The Bertz CT molecular complexity index is 548. The Morgan fingerprint density at radius 3 is 2.79 bits per heavy atom. The van der Waals surface area contributed by atoms with Gasteiger partial charge in [0.05, 0.1) is 6.61 Å². The molecule has 1 aliphatic heterocycles. The molecule has 2 heterocycles. The van der Waals surface area contributed by atoms with Crippen LogP contribution in [-0.4, -0.2) is 48.2 Å². The van der Waals surface area contributed by atoms with Gasteiger partial charge in [0, 0.05) is 6.20 Å². The maximum absolute atomic E-state index is 11.7. The van der Waals surface area contributed by atoms with E-state index in [1.807, 2.05) is 0 Å². The van der Waals surface area contributed by atoms with Crippen molar-refractivity contribution in [1.29, 1.82) is 0 Å². The second-order valence-electron chi connectivity index (χ2n) is 4.59. The highest BCUT2D eigenvalue weighted by molar-refractivity contribution is 6.23. The van der Waals surface area contributed by atoms with E-state index in [4.69, 9.17) is 27.2 Å². The molecule has 1 aliphatic rings. The standard InChI is InChI=1S/C10H14ClN3O5/c1-9(18)6(16)10(11,4-15)19-7(9)14-3-2-5(12)13-8(14)17/h2-3,6-7,15-16,18H,4H2,1H3,(H2,12,13,17). The van der Waals surface area contributed by atoms with Gasteiger partial charge in [-0.25, -0.2) is 4.79 Å². The number of nitrogens with zero attached hydrogens (tertiary/aromatic N) is 2. The topological polar surface area (TPSA) is 131 Å². The summed E-state index contributed by atoms with van der Waals surface area (Å²) in [5, 5.41) is 27.4. The molecule has 0 radical (unpaired) electrons. The fourth-order valence-electron chi connectivity index (χ4n) is 2.01. The minimum Gasteiger partial charge on any atom is -0.392 e. The van der Waals surface area contributed by atoms with Crippen LogP contribution < -0.4 is 11.4 Å². The molecule has 0 spiro atoms. The number of aromatic nitrogens is 2. The highest BCUT2D eigenvalue weighted by Gasteiger charge is 2.61. The molecule has 1 fully saturated rings. The van der Waals surface area contributed by atoms with E-state index in [1.54, 1.807) is 0 Å². The van der Waals surface area contributed by atoms with Crippen LogP contribution in [0.2, 0.25) is 0 Å².